The molecule has 0 radical (unpaired) electrons. The van der Waals surface area contributed by atoms with Crippen LogP contribution in [0.4, 0.5) is 0 Å². The number of nitrogens with zero attached hydrogens (tertiary/aromatic N) is 1. The number of unbranched alkanes of at least 4 members (excludes halogenated alkanes) is 2. The van der Waals surface area contributed by atoms with E-state index in [-0.39, 0.29) is 0 Å². The van der Waals surface area contributed by atoms with Gasteiger partial charge in [0.15, 0.2) is 5.17 Å². The molecule has 0 amide bonds. The zero-order valence-corrected chi connectivity index (χ0v) is 11.9. The minimum atomic E-state index is 0.681. The molecule has 0 atom stereocenters. The van der Waals surface area contributed by atoms with Crippen LogP contribution in [0.5, 0.6) is 5.75 Å². The van der Waals surface area contributed by atoms with Gasteiger partial charge in [-0.1, -0.05) is 30.0 Å². The molecule has 1 heterocycles. The van der Waals surface area contributed by atoms with Gasteiger partial charge in [-0.05, 0) is 43.4 Å². The van der Waals surface area contributed by atoms with Crippen molar-refractivity contribution >= 4 is 16.9 Å². The van der Waals surface area contributed by atoms with Crippen molar-refractivity contribution in [2.75, 3.05) is 12.4 Å². The predicted octanol–water partition coefficient (Wildman–Crippen LogP) is 3.57. The maximum Gasteiger partial charge on any atom is 0.158 e. The second-order valence-corrected chi connectivity index (χ2v) is 5.51. The van der Waals surface area contributed by atoms with Crippen molar-refractivity contribution in [3.8, 4) is 5.75 Å². The fourth-order valence-electron chi connectivity index (χ4n) is 1.87. The van der Waals surface area contributed by atoms with Gasteiger partial charge >= 0.3 is 0 Å². The Morgan fingerprint density at radius 1 is 1.16 bits per heavy atom. The van der Waals surface area contributed by atoms with Gasteiger partial charge in [0.1, 0.15) is 5.75 Å². The van der Waals surface area contributed by atoms with E-state index >= 15 is 0 Å². The molecule has 0 aliphatic carbocycles. The van der Waals surface area contributed by atoms with Gasteiger partial charge < -0.3 is 10.5 Å². The third-order valence-electron chi connectivity index (χ3n) is 2.93. The third-order valence-corrected chi connectivity index (χ3v) is 3.85. The quantitative estimate of drug-likeness (QED) is 0.774. The number of thioether (sulfide) groups is 1. The van der Waals surface area contributed by atoms with Crippen molar-refractivity contribution in [3.05, 3.63) is 42.1 Å². The van der Waals surface area contributed by atoms with E-state index in [2.05, 4.69) is 4.99 Å². The highest BCUT2D eigenvalue weighted by molar-refractivity contribution is 8.14. The van der Waals surface area contributed by atoms with Gasteiger partial charge in [-0.3, -0.25) is 0 Å². The van der Waals surface area contributed by atoms with Gasteiger partial charge in [-0.2, -0.15) is 0 Å². The first kappa shape index (κ1) is 14.0. The molecule has 1 aromatic carbocycles. The molecule has 4 heteroatoms. The summed E-state index contributed by atoms with van der Waals surface area (Å²) in [6, 6.07) is 9.97. The summed E-state index contributed by atoms with van der Waals surface area (Å²) in [5.74, 6) is 1.95. The second kappa shape index (κ2) is 7.89. The van der Waals surface area contributed by atoms with E-state index in [9.17, 15) is 0 Å². The fourth-order valence-corrected chi connectivity index (χ4v) is 2.55. The van der Waals surface area contributed by atoms with Crippen molar-refractivity contribution in [2.45, 2.75) is 25.7 Å². The zero-order chi connectivity index (χ0) is 13.3. The summed E-state index contributed by atoms with van der Waals surface area (Å²) < 4.78 is 5.65. The highest BCUT2D eigenvalue weighted by atomic mass is 32.2. The SMILES string of the molecule is NC1=NC=C(CCCCCOc2ccccc2)CS1. The lowest BCUT2D eigenvalue weighted by atomic mass is 10.1. The molecule has 0 bridgehead atoms. The molecule has 3 nitrogen and oxygen atoms in total. The number of hydrogen-bond acceptors (Lipinski definition) is 4. The molecular weight excluding hydrogens is 256 g/mol. The number of amidine groups is 1. The normalized spacial score (nSPS) is 14.7. The van der Waals surface area contributed by atoms with E-state index in [1.165, 1.54) is 18.4 Å². The summed E-state index contributed by atoms with van der Waals surface area (Å²) >= 11 is 1.63. The molecule has 1 aromatic rings. The van der Waals surface area contributed by atoms with E-state index in [1.54, 1.807) is 11.8 Å². The number of rotatable bonds is 7. The fraction of sp³-hybridized carbons (Fsp3) is 0.400. The van der Waals surface area contributed by atoms with Crippen LogP contribution in [-0.2, 0) is 0 Å². The van der Waals surface area contributed by atoms with Crippen LogP contribution >= 0.6 is 11.8 Å². The molecule has 0 saturated carbocycles. The third kappa shape index (κ3) is 5.39. The Bertz CT molecular complexity index is 443. The Balaban J connectivity index is 1.53. The first-order valence-electron chi connectivity index (χ1n) is 6.66. The van der Waals surface area contributed by atoms with Crippen molar-refractivity contribution in [2.24, 2.45) is 10.7 Å². The molecule has 0 spiro atoms. The highest BCUT2D eigenvalue weighted by Gasteiger charge is 2.05. The number of aliphatic imine (C=N–C) groups is 1. The van der Waals surface area contributed by atoms with Gasteiger partial charge in [-0.15, -0.1) is 0 Å². The van der Waals surface area contributed by atoms with Gasteiger partial charge in [0, 0.05) is 12.0 Å². The number of para-hydroxylation sites is 1. The first-order chi connectivity index (χ1) is 9.34. The standard InChI is InChI=1S/C15H20N2OS/c16-15-17-11-13(12-19-15)7-3-2-6-10-18-14-8-4-1-5-9-14/h1,4-5,8-9,11H,2-3,6-7,10,12H2,(H2,16,17). The molecule has 2 rings (SSSR count). The molecule has 19 heavy (non-hydrogen) atoms. The van der Waals surface area contributed by atoms with Crippen LogP contribution in [0.2, 0.25) is 0 Å². The molecule has 1 aliphatic heterocycles. The number of hydrogen-bond donors (Lipinski definition) is 1. The monoisotopic (exact) mass is 276 g/mol. The van der Waals surface area contributed by atoms with E-state index < -0.39 is 0 Å². The second-order valence-electron chi connectivity index (χ2n) is 4.52. The van der Waals surface area contributed by atoms with Crippen LogP contribution < -0.4 is 10.5 Å². The molecule has 0 unspecified atom stereocenters. The van der Waals surface area contributed by atoms with Crippen molar-refractivity contribution in [1.29, 1.82) is 0 Å². The highest BCUT2D eigenvalue weighted by Crippen LogP contribution is 2.19. The number of nitrogens with two attached hydrogens (primary N) is 1. The van der Waals surface area contributed by atoms with Crippen LogP contribution in [0.15, 0.2) is 47.1 Å². The first-order valence-corrected chi connectivity index (χ1v) is 7.65. The zero-order valence-electron chi connectivity index (χ0n) is 11.0. The van der Waals surface area contributed by atoms with Crippen LogP contribution in [-0.4, -0.2) is 17.5 Å². The van der Waals surface area contributed by atoms with Gasteiger partial charge in [0.25, 0.3) is 0 Å². The largest absolute Gasteiger partial charge is 0.494 e. The minimum absolute atomic E-state index is 0.681. The van der Waals surface area contributed by atoms with Gasteiger partial charge in [0.2, 0.25) is 0 Å². The minimum Gasteiger partial charge on any atom is -0.494 e. The Kier molecular flexibility index (Phi) is 5.82. The van der Waals surface area contributed by atoms with Gasteiger partial charge in [-0.25, -0.2) is 4.99 Å². The smallest absolute Gasteiger partial charge is 0.158 e. The van der Waals surface area contributed by atoms with E-state index in [0.29, 0.717) is 5.17 Å². The molecule has 0 fully saturated rings. The van der Waals surface area contributed by atoms with Crippen LogP contribution in [0.25, 0.3) is 0 Å². The Hall–Kier alpha value is -1.42. The lowest BCUT2D eigenvalue weighted by Gasteiger charge is -2.10. The maximum atomic E-state index is 5.65. The molecule has 0 saturated heterocycles. The average molecular weight is 276 g/mol. The Labute approximate surface area is 118 Å². The van der Waals surface area contributed by atoms with Crippen LogP contribution in [0, 0.1) is 0 Å². The lowest BCUT2D eigenvalue weighted by Crippen LogP contribution is -2.10. The summed E-state index contributed by atoms with van der Waals surface area (Å²) in [7, 11) is 0. The lowest BCUT2D eigenvalue weighted by molar-refractivity contribution is 0.305. The predicted molar refractivity (Wildman–Crippen MR) is 82.6 cm³/mol. The summed E-state index contributed by atoms with van der Waals surface area (Å²) in [6.07, 6.45) is 6.52. The summed E-state index contributed by atoms with van der Waals surface area (Å²) in [4.78, 5) is 4.14. The van der Waals surface area contributed by atoms with Crippen LogP contribution in [0.1, 0.15) is 25.7 Å². The summed E-state index contributed by atoms with van der Waals surface area (Å²) in [5.41, 5.74) is 6.99. The Morgan fingerprint density at radius 2 is 2.00 bits per heavy atom. The van der Waals surface area contributed by atoms with E-state index in [4.69, 9.17) is 10.5 Å². The topological polar surface area (TPSA) is 47.6 Å². The molecule has 2 N–H and O–H groups in total. The van der Waals surface area contributed by atoms with Crippen molar-refractivity contribution in [1.82, 2.24) is 0 Å². The van der Waals surface area contributed by atoms with Crippen molar-refractivity contribution in [3.63, 3.8) is 0 Å². The summed E-state index contributed by atoms with van der Waals surface area (Å²) in [5, 5.41) is 0.681. The molecular formula is C15H20N2OS. The van der Waals surface area contributed by atoms with Gasteiger partial charge in [0.05, 0.1) is 6.61 Å². The van der Waals surface area contributed by atoms with E-state index in [0.717, 1.165) is 31.0 Å². The molecule has 102 valence electrons. The van der Waals surface area contributed by atoms with Crippen LogP contribution in [0.3, 0.4) is 0 Å². The van der Waals surface area contributed by atoms with E-state index in [1.807, 2.05) is 36.5 Å². The number of benzene rings is 1. The Morgan fingerprint density at radius 3 is 2.74 bits per heavy atom. The maximum absolute atomic E-state index is 5.65. The summed E-state index contributed by atoms with van der Waals surface area (Å²) in [6.45, 7) is 0.795. The van der Waals surface area contributed by atoms with Crippen molar-refractivity contribution < 1.29 is 4.74 Å². The molecule has 0 aromatic heterocycles. The number of ether oxygens (including phenoxy) is 1. The average Bonchev–Trinajstić information content (AvgIpc) is 2.46. The molecule has 1 aliphatic rings.